The predicted octanol–water partition coefficient (Wildman–Crippen LogP) is 0.519. The molecule has 3 heteroatoms. The molecule has 0 unspecified atom stereocenters. The van der Waals surface area contributed by atoms with E-state index in [0.717, 1.165) is 19.4 Å². The van der Waals surface area contributed by atoms with Crippen molar-refractivity contribution < 1.29 is 14.6 Å². The van der Waals surface area contributed by atoms with E-state index >= 15 is 0 Å². The molecule has 0 aromatic heterocycles. The van der Waals surface area contributed by atoms with Crippen LogP contribution in [0.3, 0.4) is 0 Å². The number of aliphatic hydroxyl groups excluding tert-OH is 1. The lowest BCUT2D eigenvalue weighted by molar-refractivity contribution is -0.164. The van der Waals surface area contributed by atoms with Crippen LogP contribution < -0.4 is 0 Å². The normalized spacial score (nSPS) is 50.7. The van der Waals surface area contributed by atoms with Crippen LogP contribution in [-0.2, 0) is 9.47 Å². The van der Waals surface area contributed by atoms with Crippen molar-refractivity contribution in [2.75, 3.05) is 6.61 Å². The van der Waals surface area contributed by atoms with Gasteiger partial charge in [-0.3, -0.25) is 0 Å². The Balaban J connectivity index is 2.05. The smallest absolute Gasteiger partial charge is 0.163 e. The highest BCUT2D eigenvalue weighted by atomic mass is 16.7. The minimum absolute atomic E-state index is 0.0527. The molecule has 0 aromatic rings. The fourth-order valence-corrected chi connectivity index (χ4v) is 1.89. The number of aliphatic hydroxyl groups is 1. The van der Waals surface area contributed by atoms with Gasteiger partial charge < -0.3 is 14.6 Å². The lowest BCUT2D eigenvalue weighted by Gasteiger charge is -2.25. The van der Waals surface area contributed by atoms with Crippen molar-refractivity contribution in [2.24, 2.45) is 5.92 Å². The first-order valence-corrected chi connectivity index (χ1v) is 4.24. The highest BCUT2D eigenvalue weighted by Gasteiger charge is 2.43. The Labute approximate surface area is 66.3 Å². The summed E-state index contributed by atoms with van der Waals surface area (Å²) in [4.78, 5) is 0. The van der Waals surface area contributed by atoms with Crippen LogP contribution in [0.4, 0.5) is 0 Å². The van der Waals surface area contributed by atoms with E-state index in [2.05, 4.69) is 0 Å². The molecule has 0 radical (unpaired) electrons. The predicted molar refractivity (Wildman–Crippen MR) is 39.0 cm³/mol. The van der Waals surface area contributed by atoms with Gasteiger partial charge in [-0.1, -0.05) is 0 Å². The summed E-state index contributed by atoms with van der Waals surface area (Å²) in [6.07, 6.45) is 1.59. The van der Waals surface area contributed by atoms with E-state index in [-0.39, 0.29) is 24.4 Å². The molecule has 0 aliphatic carbocycles. The molecule has 2 aliphatic heterocycles. The van der Waals surface area contributed by atoms with E-state index in [1.165, 1.54) is 0 Å². The van der Waals surface area contributed by atoms with Crippen LogP contribution in [0.2, 0.25) is 0 Å². The number of hydrogen-bond donors (Lipinski definition) is 1. The molecule has 2 rings (SSSR count). The van der Waals surface area contributed by atoms with Gasteiger partial charge in [-0.25, -0.2) is 0 Å². The van der Waals surface area contributed by atoms with E-state index in [9.17, 15) is 5.11 Å². The van der Waals surface area contributed by atoms with Gasteiger partial charge in [0.1, 0.15) is 0 Å². The van der Waals surface area contributed by atoms with Crippen molar-refractivity contribution in [3.8, 4) is 0 Å². The fraction of sp³-hybridized carbons (Fsp3) is 1.00. The first kappa shape index (κ1) is 7.53. The van der Waals surface area contributed by atoms with Crippen LogP contribution in [-0.4, -0.2) is 30.2 Å². The number of hydrogen-bond acceptors (Lipinski definition) is 3. The maximum atomic E-state index is 9.59. The van der Waals surface area contributed by atoms with Gasteiger partial charge in [-0.15, -0.1) is 0 Å². The molecule has 0 saturated carbocycles. The van der Waals surface area contributed by atoms with Gasteiger partial charge in [0.2, 0.25) is 0 Å². The molecule has 11 heavy (non-hydrogen) atoms. The van der Waals surface area contributed by atoms with E-state index in [1.807, 2.05) is 6.92 Å². The van der Waals surface area contributed by atoms with Crippen molar-refractivity contribution in [1.29, 1.82) is 0 Å². The Hall–Kier alpha value is -0.120. The van der Waals surface area contributed by atoms with E-state index < -0.39 is 0 Å². The summed E-state index contributed by atoms with van der Waals surface area (Å²) in [6.45, 7) is 2.67. The van der Waals surface area contributed by atoms with Crippen LogP contribution in [0.15, 0.2) is 0 Å². The summed E-state index contributed by atoms with van der Waals surface area (Å²) in [7, 11) is 0. The van der Waals surface area contributed by atoms with Gasteiger partial charge in [0.15, 0.2) is 6.29 Å². The minimum atomic E-state index is -0.319. The largest absolute Gasteiger partial charge is 0.390 e. The zero-order chi connectivity index (χ0) is 7.84. The molecular weight excluding hydrogens is 144 g/mol. The molecule has 0 amide bonds. The summed E-state index contributed by atoms with van der Waals surface area (Å²) in [5.41, 5.74) is 0. The van der Waals surface area contributed by atoms with Crippen molar-refractivity contribution in [3.63, 3.8) is 0 Å². The lowest BCUT2D eigenvalue weighted by atomic mass is 9.94. The number of fused-ring (bicyclic) bond motifs is 1. The van der Waals surface area contributed by atoms with Gasteiger partial charge in [0.05, 0.1) is 12.2 Å². The zero-order valence-electron chi connectivity index (χ0n) is 6.69. The van der Waals surface area contributed by atoms with Crippen molar-refractivity contribution in [3.05, 3.63) is 0 Å². The summed E-state index contributed by atoms with van der Waals surface area (Å²) in [6, 6.07) is 0. The third-order valence-electron chi connectivity index (χ3n) is 2.58. The van der Waals surface area contributed by atoms with Gasteiger partial charge in [-0.05, 0) is 19.8 Å². The van der Waals surface area contributed by atoms with E-state index in [0.29, 0.717) is 0 Å². The molecular formula is C8H14O3. The zero-order valence-corrected chi connectivity index (χ0v) is 6.69. The average Bonchev–Trinajstić information content (AvgIpc) is 2.30. The van der Waals surface area contributed by atoms with Crippen LogP contribution in [0.5, 0.6) is 0 Å². The highest BCUT2D eigenvalue weighted by Crippen LogP contribution is 2.33. The highest BCUT2D eigenvalue weighted by molar-refractivity contribution is 4.85. The molecule has 1 N–H and O–H groups in total. The van der Waals surface area contributed by atoms with Crippen LogP contribution in [0.25, 0.3) is 0 Å². The Morgan fingerprint density at radius 1 is 1.45 bits per heavy atom. The van der Waals surface area contributed by atoms with Gasteiger partial charge in [-0.2, -0.15) is 0 Å². The van der Waals surface area contributed by atoms with Crippen molar-refractivity contribution in [2.45, 2.75) is 38.3 Å². The SMILES string of the molecule is C[C@@H]1O[C@H]2OCCC[C@H]2[C@H]1O. The molecule has 2 saturated heterocycles. The summed E-state index contributed by atoms with van der Waals surface area (Å²) >= 11 is 0. The molecule has 4 atom stereocenters. The molecule has 64 valence electrons. The lowest BCUT2D eigenvalue weighted by Crippen LogP contribution is -2.31. The first-order valence-electron chi connectivity index (χ1n) is 4.24. The summed E-state index contributed by atoms with van der Waals surface area (Å²) in [5.74, 6) is 0.221. The second kappa shape index (κ2) is 2.73. The third-order valence-corrected chi connectivity index (χ3v) is 2.58. The molecule has 2 heterocycles. The summed E-state index contributed by atoms with van der Waals surface area (Å²) < 4.78 is 10.8. The molecule has 0 aromatic carbocycles. The van der Waals surface area contributed by atoms with Crippen LogP contribution in [0, 0.1) is 5.92 Å². The standard InChI is InChI=1S/C8H14O3/c1-5-7(9)6-3-2-4-10-8(6)11-5/h5-9H,2-4H2,1H3/t5-,6-,7-,8+/m0/s1. The molecule has 2 aliphatic rings. The van der Waals surface area contributed by atoms with Gasteiger partial charge in [0, 0.05) is 12.5 Å². The number of ether oxygens (including phenoxy) is 2. The third kappa shape index (κ3) is 1.17. The Kier molecular flexibility index (Phi) is 1.87. The maximum Gasteiger partial charge on any atom is 0.163 e. The van der Waals surface area contributed by atoms with Crippen molar-refractivity contribution in [1.82, 2.24) is 0 Å². The summed E-state index contributed by atoms with van der Waals surface area (Å²) in [5, 5.41) is 9.59. The van der Waals surface area contributed by atoms with Crippen molar-refractivity contribution >= 4 is 0 Å². The molecule has 0 bridgehead atoms. The Morgan fingerprint density at radius 3 is 3.00 bits per heavy atom. The average molecular weight is 158 g/mol. The van der Waals surface area contributed by atoms with Gasteiger partial charge in [0.25, 0.3) is 0 Å². The minimum Gasteiger partial charge on any atom is -0.390 e. The molecule has 0 spiro atoms. The molecule has 3 nitrogen and oxygen atoms in total. The molecule has 2 fully saturated rings. The Morgan fingerprint density at radius 2 is 2.27 bits per heavy atom. The Bertz CT molecular complexity index is 148. The number of rotatable bonds is 0. The second-order valence-electron chi connectivity index (χ2n) is 3.38. The topological polar surface area (TPSA) is 38.7 Å². The van der Waals surface area contributed by atoms with E-state index in [1.54, 1.807) is 0 Å². The quantitative estimate of drug-likeness (QED) is 0.558. The maximum absolute atomic E-state index is 9.59. The second-order valence-corrected chi connectivity index (χ2v) is 3.38. The fourth-order valence-electron chi connectivity index (χ4n) is 1.89. The van der Waals surface area contributed by atoms with Crippen LogP contribution >= 0.6 is 0 Å². The van der Waals surface area contributed by atoms with Gasteiger partial charge >= 0.3 is 0 Å². The monoisotopic (exact) mass is 158 g/mol. The van der Waals surface area contributed by atoms with E-state index in [4.69, 9.17) is 9.47 Å². The van der Waals surface area contributed by atoms with Crippen LogP contribution in [0.1, 0.15) is 19.8 Å². The first-order chi connectivity index (χ1) is 5.29.